The number of ether oxygens (including phenoxy) is 2. The zero-order valence-electron chi connectivity index (χ0n) is 15.9. The van der Waals surface area contributed by atoms with Gasteiger partial charge >= 0.3 is 0 Å². The number of carbonyl (C=O) groups excluding carboxylic acids is 2. The molecule has 6 nitrogen and oxygen atoms in total. The third kappa shape index (κ3) is 4.82. The zero-order chi connectivity index (χ0) is 20.1. The molecule has 2 aromatic rings. The Bertz CT molecular complexity index is 848. The minimum absolute atomic E-state index is 0.0534. The van der Waals surface area contributed by atoms with E-state index in [2.05, 4.69) is 5.32 Å². The third-order valence-corrected chi connectivity index (χ3v) is 4.87. The van der Waals surface area contributed by atoms with E-state index in [1.807, 2.05) is 6.92 Å². The Balaban J connectivity index is 1.68. The SMILES string of the molecule is Cc1c(NC(=O)C(C)Oc2ccc(Cl)cc2)cccc1C(=O)N1CCOCC1. The number of morpholine rings is 1. The summed E-state index contributed by atoms with van der Waals surface area (Å²) >= 11 is 5.86. The molecule has 3 rings (SSSR count). The molecule has 0 saturated carbocycles. The minimum atomic E-state index is -0.709. The van der Waals surface area contributed by atoms with Crippen molar-refractivity contribution in [2.45, 2.75) is 20.0 Å². The first-order valence-electron chi connectivity index (χ1n) is 9.15. The monoisotopic (exact) mass is 402 g/mol. The number of nitrogens with one attached hydrogen (secondary N) is 1. The van der Waals surface area contributed by atoms with Gasteiger partial charge in [0.15, 0.2) is 6.10 Å². The molecule has 2 amide bonds. The normalized spacial score (nSPS) is 15.0. The van der Waals surface area contributed by atoms with Gasteiger partial charge in [0.05, 0.1) is 13.2 Å². The maximum Gasteiger partial charge on any atom is 0.265 e. The number of nitrogens with zero attached hydrogens (tertiary/aromatic N) is 1. The van der Waals surface area contributed by atoms with E-state index in [0.717, 1.165) is 5.56 Å². The van der Waals surface area contributed by atoms with Crippen molar-refractivity contribution >= 4 is 29.1 Å². The highest BCUT2D eigenvalue weighted by Gasteiger charge is 2.22. The van der Waals surface area contributed by atoms with E-state index in [-0.39, 0.29) is 11.8 Å². The van der Waals surface area contributed by atoms with Gasteiger partial charge in [0, 0.05) is 29.4 Å². The number of anilines is 1. The van der Waals surface area contributed by atoms with E-state index in [1.54, 1.807) is 54.3 Å². The van der Waals surface area contributed by atoms with Gasteiger partial charge in [-0.15, -0.1) is 0 Å². The van der Waals surface area contributed by atoms with Crippen molar-refractivity contribution in [3.63, 3.8) is 0 Å². The number of amides is 2. The topological polar surface area (TPSA) is 67.9 Å². The third-order valence-electron chi connectivity index (χ3n) is 4.62. The van der Waals surface area contributed by atoms with Gasteiger partial charge in [-0.25, -0.2) is 0 Å². The molecule has 0 aliphatic carbocycles. The number of rotatable bonds is 5. The smallest absolute Gasteiger partial charge is 0.265 e. The Morgan fingerprint density at radius 3 is 2.50 bits per heavy atom. The molecule has 1 atom stereocenters. The highest BCUT2D eigenvalue weighted by molar-refractivity contribution is 6.30. The highest BCUT2D eigenvalue weighted by Crippen LogP contribution is 2.22. The Hall–Kier alpha value is -2.57. The Morgan fingerprint density at radius 1 is 1.14 bits per heavy atom. The summed E-state index contributed by atoms with van der Waals surface area (Å²) in [5.74, 6) is 0.205. The standard InChI is InChI=1S/C21H23ClN2O4/c1-14-18(21(26)24-10-12-27-13-11-24)4-3-5-19(14)23-20(25)15(2)28-17-8-6-16(22)7-9-17/h3-9,15H,10-13H2,1-2H3,(H,23,25). The summed E-state index contributed by atoms with van der Waals surface area (Å²) in [6, 6.07) is 12.1. The number of halogens is 1. The maximum atomic E-state index is 12.8. The van der Waals surface area contributed by atoms with Crippen LogP contribution in [0.1, 0.15) is 22.8 Å². The van der Waals surface area contributed by atoms with Crippen LogP contribution in [0.5, 0.6) is 5.75 Å². The van der Waals surface area contributed by atoms with E-state index in [9.17, 15) is 9.59 Å². The van der Waals surface area contributed by atoms with E-state index < -0.39 is 6.10 Å². The molecular formula is C21H23ClN2O4. The fourth-order valence-electron chi connectivity index (χ4n) is 2.94. The molecular weight excluding hydrogens is 380 g/mol. The van der Waals surface area contributed by atoms with Crippen molar-refractivity contribution in [3.8, 4) is 5.75 Å². The van der Waals surface area contributed by atoms with Crippen LogP contribution >= 0.6 is 11.6 Å². The van der Waals surface area contributed by atoms with Gasteiger partial charge < -0.3 is 19.7 Å². The second kappa shape index (κ2) is 9.08. The number of benzene rings is 2. The van der Waals surface area contributed by atoms with Gasteiger partial charge in [-0.05, 0) is 55.8 Å². The number of hydrogen-bond acceptors (Lipinski definition) is 4. The summed E-state index contributed by atoms with van der Waals surface area (Å²) in [5.41, 5.74) is 1.90. The minimum Gasteiger partial charge on any atom is -0.481 e. The molecule has 7 heteroatoms. The zero-order valence-corrected chi connectivity index (χ0v) is 16.7. The molecule has 148 valence electrons. The van der Waals surface area contributed by atoms with Crippen molar-refractivity contribution in [2.24, 2.45) is 0 Å². The van der Waals surface area contributed by atoms with Gasteiger partial charge in [-0.3, -0.25) is 9.59 Å². The first-order chi connectivity index (χ1) is 13.5. The molecule has 1 heterocycles. The average Bonchev–Trinajstić information content (AvgIpc) is 2.71. The van der Waals surface area contributed by atoms with Crippen molar-refractivity contribution in [3.05, 3.63) is 58.6 Å². The first kappa shape index (κ1) is 20.2. The van der Waals surface area contributed by atoms with E-state index in [0.29, 0.717) is 48.3 Å². The molecule has 1 aliphatic heterocycles. The van der Waals surface area contributed by atoms with Gasteiger partial charge in [0.25, 0.3) is 11.8 Å². The molecule has 1 aliphatic rings. The molecule has 1 fully saturated rings. The lowest BCUT2D eigenvalue weighted by Gasteiger charge is -2.27. The van der Waals surface area contributed by atoms with Crippen LogP contribution in [0.15, 0.2) is 42.5 Å². The van der Waals surface area contributed by atoms with Crippen LogP contribution in [-0.4, -0.2) is 49.1 Å². The van der Waals surface area contributed by atoms with Crippen LogP contribution in [0.25, 0.3) is 0 Å². The second-order valence-electron chi connectivity index (χ2n) is 6.59. The summed E-state index contributed by atoms with van der Waals surface area (Å²) in [7, 11) is 0. The van der Waals surface area contributed by atoms with Crippen LogP contribution in [0, 0.1) is 6.92 Å². The lowest BCUT2D eigenvalue weighted by Crippen LogP contribution is -2.41. The average molecular weight is 403 g/mol. The van der Waals surface area contributed by atoms with Gasteiger partial charge in [0.1, 0.15) is 5.75 Å². The summed E-state index contributed by atoms with van der Waals surface area (Å²) in [4.78, 5) is 27.1. The molecule has 0 bridgehead atoms. The van der Waals surface area contributed by atoms with E-state index >= 15 is 0 Å². The highest BCUT2D eigenvalue weighted by atomic mass is 35.5. The predicted octanol–water partition coefficient (Wildman–Crippen LogP) is 3.53. The second-order valence-corrected chi connectivity index (χ2v) is 7.02. The lowest BCUT2D eigenvalue weighted by atomic mass is 10.0. The Kier molecular flexibility index (Phi) is 6.54. The van der Waals surface area contributed by atoms with Gasteiger partial charge in [-0.1, -0.05) is 17.7 Å². The Morgan fingerprint density at radius 2 is 1.82 bits per heavy atom. The number of carbonyl (C=O) groups is 2. The fourth-order valence-corrected chi connectivity index (χ4v) is 3.07. The maximum absolute atomic E-state index is 12.8. The molecule has 2 aromatic carbocycles. The molecule has 0 radical (unpaired) electrons. The molecule has 0 spiro atoms. The van der Waals surface area contributed by atoms with Crippen molar-refractivity contribution in [1.82, 2.24) is 4.90 Å². The van der Waals surface area contributed by atoms with Crippen LogP contribution < -0.4 is 10.1 Å². The first-order valence-corrected chi connectivity index (χ1v) is 9.53. The van der Waals surface area contributed by atoms with Crippen molar-refractivity contribution in [1.29, 1.82) is 0 Å². The van der Waals surface area contributed by atoms with Crippen LogP contribution in [-0.2, 0) is 9.53 Å². The summed E-state index contributed by atoms with van der Waals surface area (Å²) < 4.78 is 11.0. The molecule has 0 aromatic heterocycles. The van der Waals surface area contributed by atoms with E-state index in [1.165, 1.54) is 0 Å². The van der Waals surface area contributed by atoms with Gasteiger partial charge in [0.2, 0.25) is 0 Å². The molecule has 1 N–H and O–H groups in total. The van der Waals surface area contributed by atoms with Crippen molar-refractivity contribution < 1.29 is 19.1 Å². The van der Waals surface area contributed by atoms with Crippen LogP contribution in [0.2, 0.25) is 5.02 Å². The summed E-state index contributed by atoms with van der Waals surface area (Å²) in [5, 5.41) is 3.45. The largest absolute Gasteiger partial charge is 0.481 e. The predicted molar refractivity (Wildman–Crippen MR) is 108 cm³/mol. The van der Waals surface area contributed by atoms with Crippen LogP contribution in [0.4, 0.5) is 5.69 Å². The lowest BCUT2D eigenvalue weighted by molar-refractivity contribution is -0.122. The fraction of sp³-hybridized carbons (Fsp3) is 0.333. The van der Waals surface area contributed by atoms with Gasteiger partial charge in [-0.2, -0.15) is 0 Å². The summed E-state index contributed by atoms with van der Waals surface area (Å²) in [6.45, 7) is 5.72. The molecule has 1 unspecified atom stereocenters. The number of hydrogen-bond donors (Lipinski definition) is 1. The van der Waals surface area contributed by atoms with Crippen molar-refractivity contribution in [2.75, 3.05) is 31.6 Å². The van der Waals surface area contributed by atoms with E-state index in [4.69, 9.17) is 21.1 Å². The van der Waals surface area contributed by atoms with Crippen LogP contribution in [0.3, 0.4) is 0 Å². The molecule has 28 heavy (non-hydrogen) atoms. The Labute approximate surface area is 169 Å². The summed E-state index contributed by atoms with van der Waals surface area (Å²) in [6.07, 6.45) is -0.709. The molecule has 1 saturated heterocycles. The quantitative estimate of drug-likeness (QED) is 0.830.